The number of ether oxygens (including phenoxy) is 1. The zero-order valence-electron chi connectivity index (χ0n) is 16.2. The van der Waals surface area contributed by atoms with E-state index in [1.165, 1.54) is 18.4 Å². The number of nitrogens with zero attached hydrogens (tertiary/aromatic N) is 2. The summed E-state index contributed by atoms with van der Waals surface area (Å²) in [4.78, 5) is 30.1. The molecular weight excluding hydrogens is 376 g/mol. The largest absolute Gasteiger partial charge is 0.507 e. The van der Waals surface area contributed by atoms with Crippen LogP contribution in [0.3, 0.4) is 0 Å². The SMILES string of the molecule is COc1cccc(/C(O)=C2/C(=O)C(=O)N(CCCN(C)C)C2c2cccs2)c1. The first kappa shape index (κ1) is 20.1. The number of benzene rings is 1. The predicted octanol–water partition coefficient (Wildman–Crippen LogP) is 3.13. The van der Waals surface area contributed by atoms with Gasteiger partial charge in [0.1, 0.15) is 11.5 Å². The van der Waals surface area contributed by atoms with Crippen LogP contribution in [0.5, 0.6) is 5.75 Å². The van der Waals surface area contributed by atoms with Crippen molar-refractivity contribution in [2.24, 2.45) is 0 Å². The number of rotatable bonds is 7. The first-order valence-electron chi connectivity index (χ1n) is 9.05. The number of hydrogen-bond donors (Lipinski definition) is 1. The quantitative estimate of drug-likeness (QED) is 0.439. The van der Waals surface area contributed by atoms with Crippen LogP contribution in [0.4, 0.5) is 0 Å². The van der Waals surface area contributed by atoms with Gasteiger partial charge in [0.2, 0.25) is 0 Å². The second-order valence-corrected chi connectivity index (χ2v) is 7.88. The fourth-order valence-electron chi connectivity index (χ4n) is 3.34. The molecule has 28 heavy (non-hydrogen) atoms. The van der Waals surface area contributed by atoms with Crippen LogP contribution in [0.15, 0.2) is 47.4 Å². The Balaban J connectivity index is 2.04. The van der Waals surface area contributed by atoms with E-state index in [4.69, 9.17) is 4.74 Å². The number of carbonyl (C=O) groups is 2. The zero-order valence-corrected chi connectivity index (χ0v) is 17.0. The van der Waals surface area contributed by atoms with Crippen molar-refractivity contribution in [3.8, 4) is 5.75 Å². The van der Waals surface area contributed by atoms with Crippen LogP contribution in [0.2, 0.25) is 0 Å². The second kappa shape index (κ2) is 8.58. The number of hydrogen-bond acceptors (Lipinski definition) is 6. The number of Topliss-reactive ketones (excluding diaryl/α,β-unsaturated/α-hetero) is 1. The molecular formula is C21H24N2O4S. The standard InChI is InChI=1S/C21H24N2O4S/c1-22(2)10-6-11-23-18(16-9-5-12-28-16)17(20(25)21(23)26)19(24)14-7-4-8-15(13-14)27-3/h4-5,7-9,12-13,18,24H,6,10-11H2,1-3H3/b19-17-. The topological polar surface area (TPSA) is 70.1 Å². The number of methoxy groups -OCH3 is 1. The number of amides is 1. The number of carbonyl (C=O) groups excluding carboxylic acids is 2. The highest BCUT2D eigenvalue weighted by molar-refractivity contribution is 7.10. The van der Waals surface area contributed by atoms with Crippen LogP contribution < -0.4 is 4.74 Å². The van der Waals surface area contributed by atoms with Gasteiger partial charge in [-0.15, -0.1) is 11.3 Å². The van der Waals surface area contributed by atoms with Crippen molar-refractivity contribution < 1.29 is 19.4 Å². The smallest absolute Gasteiger partial charge is 0.295 e. The Hall–Kier alpha value is -2.64. The normalized spacial score (nSPS) is 18.9. The summed E-state index contributed by atoms with van der Waals surface area (Å²) >= 11 is 1.47. The Morgan fingerprint density at radius 1 is 1.25 bits per heavy atom. The van der Waals surface area contributed by atoms with Gasteiger partial charge in [0.05, 0.1) is 18.7 Å². The lowest BCUT2D eigenvalue weighted by Gasteiger charge is -2.24. The third-order valence-corrected chi connectivity index (χ3v) is 5.62. The molecule has 0 bridgehead atoms. The predicted molar refractivity (Wildman–Crippen MR) is 109 cm³/mol. The van der Waals surface area contributed by atoms with Crippen molar-refractivity contribution in [3.05, 3.63) is 57.8 Å². The van der Waals surface area contributed by atoms with Crippen LogP contribution in [-0.2, 0) is 9.59 Å². The van der Waals surface area contributed by atoms with E-state index in [1.54, 1.807) is 29.2 Å². The molecule has 1 saturated heterocycles. The average molecular weight is 400 g/mol. The van der Waals surface area contributed by atoms with E-state index < -0.39 is 17.7 Å². The Kier molecular flexibility index (Phi) is 6.16. The van der Waals surface area contributed by atoms with E-state index in [9.17, 15) is 14.7 Å². The lowest BCUT2D eigenvalue weighted by molar-refractivity contribution is -0.139. The first-order chi connectivity index (χ1) is 13.4. The summed E-state index contributed by atoms with van der Waals surface area (Å²) in [6.45, 7) is 1.25. The highest BCUT2D eigenvalue weighted by atomic mass is 32.1. The van der Waals surface area contributed by atoms with Crippen LogP contribution >= 0.6 is 11.3 Å². The molecule has 2 heterocycles. The Labute approximate surface area is 168 Å². The van der Waals surface area contributed by atoms with E-state index in [1.807, 2.05) is 36.5 Å². The van der Waals surface area contributed by atoms with Gasteiger partial charge in [0, 0.05) is 17.0 Å². The van der Waals surface area contributed by atoms with Crippen molar-refractivity contribution in [3.63, 3.8) is 0 Å². The van der Waals surface area contributed by atoms with Gasteiger partial charge in [0.25, 0.3) is 11.7 Å². The lowest BCUT2D eigenvalue weighted by atomic mass is 9.99. The summed E-state index contributed by atoms with van der Waals surface area (Å²) in [5.41, 5.74) is 0.581. The summed E-state index contributed by atoms with van der Waals surface area (Å²) in [5.74, 6) is -0.826. The molecule has 0 spiro atoms. The summed E-state index contributed by atoms with van der Waals surface area (Å²) < 4.78 is 5.21. The maximum Gasteiger partial charge on any atom is 0.295 e. The van der Waals surface area contributed by atoms with E-state index in [-0.39, 0.29) is 11.3 Å². The van der Waals surface area contributed by atoms with Crippen molar-refractivity contribution in [1.82, 2.24) is 9.80 Å². The average Bonchev–Trinajstić information content (AvgIpc) is 3.29. The van der Waals surface area contributed by atoms with E-state index in [0.717, 1.165) is 17.8 Å². The molecule has 3 rings (SSSR count). The number of aliphatic hydroxyl groups excluding tert-OH is 1. The monoisotopic (exact) mass is 400 g/mol. The molecule has 1 aliphatic rings. The molecule has 0 aliphatic carbocycles. The van der Waals surface area contributed by atoms with E-state index >= 15 is 0 Å². The minimum absolute atomic E-state index is 0.130. The molecule has 1 unspecified atom stereocenters. The third-order valence-electron chi connectivity index (χ3n) is 4.70. The molecule has 0 saturated carbocycles. The number of thiophene rings is 1. The minimum Gasteiger partial charge on any atom is -0.507 e. The highest BCUT2D eigenvalue weighted by Crippen LogP contribution is 2.41. The van der Waals surface area contributed by atoms with Crippen molar-refractivity contribution in [2.45, 2.75) is 12.5 Å². The van der Waals surface area contributed by atoms with Crippen molar-refractivity contribution >= 4 is 28.8 Å². The van der Waals surface area contributed by atoms with Gasteiger partial charge in [0.15, 0.2) is 0 Å². The molecule has 1 aromatic carbocycles. The maximum atomic E-state index is 12.8. The van der Waals surface area contributed by atoms with Crippen molar-refractivity contribution in [1.29, 1.82) is 0 Å². The third kappa shape index (κ3) is 3.95. The molecule has 7 heteroatoms. The molecule has 1 amide bonds. The molecule has 1 atom stereocenters. The van der Waals surface area contributed by atoms with E-state index in [0.29, 0.717) is 17.9 Å². The summed E-state index contributed by atoms with van der Waals surface area (Å²) in [6.07, 6.45) is 0.737. The number of aliphatic hydroxyl groups is 1. The Bertz CT molecular complexity index is 890. The van der Waals surface area contributed by atoms with Gasteiger partial charge in [-0.25, -0.2) is 0 Å². The van der Waals surface area contributed by atoms with Gasteiger partial charge in [-0.2, -0.15) is 0 Å². The zero-order chi connectivity index (χ0) is 20.3. The van der Waals surface area contributed by atoms with E-state index in [2.05, 4.69) is 0 Å². The van der Waals surface area contributed by atoms with Gasteiger partial charge in [-0.1, -0.05) is 18.2 Å². The molecule has 148 valence electrons. The van der Waals surface area contributed by atoms with Crippen LogP contribution in [0, 0.1) is 0 Å². The van der Waals surface area contributed by atoms with Crippen LogP contribution in [-0.4, -0.2) is 60.9 Å². The van der Waals surface area contributed by atoms with Crippen molar-refractivity contribution in [2.75, 3.05) is 34.3 Å². The fourth-order valence-corrected chi connectivity index (χ4v) is 4.18. The van der Waals surface area contributed by atoms with Crippen LogP contribution in [0.25, 0.3) is 5.76 Å². The molecule has 1 fully saturated rings. The lowest BCUT2D eigenvalue weighted by Crippen LogP contribution is -2.32. The van der Waals surface area contributed by atoms with Gasteiger partial charge >= 0.3 is 0 Å². The Morgan fingerprint density at radius 3 is 2.68 bits per heavy atom. The van der Waals surface area contributed by atoms with Gasteiger partial charge < -0.3 is 19.6 Å². The molecule has 1 aromatic heterocycles. The summed E-state index contributed by atoms with van der Waals surface area (Å²) in [6, 6.07) is 10.0. The summed E-state index contributed by atoms with van der Waals surface area (Å²) in [7, 11) is 5.47. The number of likely N-dealkylation sites (tertiary alicyclic amines) is 1. The maximum absolute atomic E-state index is 12.8. The first-order valence-corrected chi connectivity index (χ1v) is 9.93. The number of ketones is 1. The highest BCUT2D eigenvalue weighted by Gasteiger charge is 2.46. The fraction of sp³-hybridized carbons (Fsp3) is 0.333. The Morgan fingerprint density at radius 2 is 2.04 bits per heavy atom. The molecule has 6 nitrogen and oxygen atoms in total. The second-order valence-electron chi connectivity index (χ2n) is 6.90. The molecule has 1 N–H and O–H groups in total. The van der Waals surface area contributed by atoms with Crippen LogP contribution in [0.1, 0.15) is 22.9 Å². The molecule has 2 aromatic rings. The van der Waals surface area contributed by atoms with Gasteiger partial charge in [-0.3, -0.25) is 9.59 Å². The minimum atomic E-state index is -0.649. The molecule has 0 radical (unpaired) electrons. The van der Waals surface area contributed by atoms with Gasteiger partial charge in [-0.05, 0) is 50.6 Å². The molecule has 1 aliphatic heterocycles. The summed E-state index contributed by atoms with van der Waals surface area (Å²) in [5, 5.41) is 12.9.